The molecule has 6 heteroatoms. The molecule has 2 heterocycles. The van der Waals surface area contributed by atoms with Gasteiger partial charge < -0.3 is 14.5 Å². The highest BCUT2D eigenvalue weighted by Gasteiger charge is 2.35. The molecule has 4 rings (SSSR count). The highest BCUT2D eigenvalue weighted by molar-refractivity contribution is 5.53. The number of aliphatic hydroxyl groups is 1. The Morgan fingerprint density at radius 2 is 1.85 bits per heavy atom. The zero-order valence-corrected chi connectivity index (χ0v) is 15.6. The van der Waals surface area contributed by atoms with E-state index in [9.17, 15) is 5.11 Å². The number of rotatable bonds is 5. The van der Waals surface area contributed by atoms with E-state index in [1.807, 2.05) is 44.4 Å². The second kappa shape index (κ2) is 7.50. The highest BCUT2D eigenvalue weighted by atomic mass is 16.5. The van der Waals surface area contributed by atoms with Gasteiger partial charge in [0.1, 0.15) is 0 Å². The third-order valence-electron chi connectivity index (χ3n) is 4.98. The van der Waals surface area contributed by atoms with Gasteiger partial charge in [-0.15, -0.1) is 0 Å². The third kappa shape index (κ3) is 3.86. The highest BCUT2D eigenvalue weighted by Crippen LogP contribution is 2.33. The molecule has 1 aromatic heterocycles. The van der Waals surface area contributed by atoms with Crippen LogP contribution in [0.3, 0.4) is 0 Å². The van der Waals surface area contributed by atoms with E-state index in [0.29, 0.717) is 24.7 Å². The number of aliphatic hydroxyl groups excluding tert-OH is 1. The van der Waals surface area contributed by atoms with E-state index >= 15 is 0 Å². The van der Waals surface area contributed by atoms with E-state index in [1.54, 1.807) is 0 Å². The standard InChI is InChI=1S/C21H24N4O2/c1-24(2)17-10-8-15(9-11-17)13-25-14-18(26)12-19(25)21-22-20(23-27-21)16-6-4-3-5-7-16/h3-11,18-19,26H,12-14H2,1-2H3. The average molecular weight is 364 g/mol. The molecule has 0 bridgehead atoms. The van der Waals surface area contributed by atoms with Crippen molar-refractivity contribution in [1.82, 2.24) is 15.0 Å². The van der Waals surface area contributed by atoms with Crippen LogP contribution in [0.2, 0.25) is 0 Å². The lowest BCUT2D eigenvalue weighted by Gasteiger charge is -2.21. The van der Waals surface area contributed by atoms with Gasteiger partial charge in [-0.3, -0.25) is 4.90 Å². The van der Waals surface area contributed by atoms with Crippen LogP contribution in [0.4, 0.5) is 5.69 Å². The van der Waals surface area contributed by atoms with Gasteiger partial charge in [0.2, 0.25) is 11.7 Å². The van der Waals surface area contributed by atoms with Gasteiger partial charge in [-0.25, -0.2) is 0 Å². The first-order valence-corrected chi connectivity index (χ1v) is 9.17. The van der Waals surface area contributed by atoms with Crippen LogP contribution in [0.1, 0.15) is 23.9 Å². The molecule has 27 heavy (non-hydrogen) atoms. The Hall–Kier alpha value is -2.70. The number of aromatic nitrogens is 2. The van der Waals surface area contributed by atoms with Crippen molar-refractivity contribution in [3.63, 3.8) is 0 Å². The lowest BCUT2D eigenvalue weighted by Crippen LogP contribution is -2.24. The van der Waals surface area contributed by atoms with Crippen LogP contribution in [0.25, 0.3) is 11.4 Å². The molecule has 1 saturated heterocycles. The van der Waals surface area contributed by atoms with Crippen LogP contribution in [-0.2, 0) is 6.54 Å². The molecule has 0 radical (unpaired) electrons. The van der Waals surface area contributed by atoms with E-state index in [2.05, 4.69) is 44.2 Å². The fourth-order valence-electron chi connectivity index (χ4n) is 3.52. The number of likely N-dealkylation sites (tertiary alicyclic amines) is 1. The maximum absolute atomic E-state index is 10.2. The fourth-order valence-corrected chi connectivity index (χ4v) is 3.52. The lowest BCUT2D eigenvalue weighted by atomic mass is 10.1. The summed E-state index contributed by atoms with van der Waals surface area (Å²) in [6.45, 7) is 1.33. The van der Waals surface area contributed by atoms with Crippen molar-refractivity contribution in [3.05, 3.63) is 66.1 Å². The van der Waals surface area contributed by atoms with Crippen LogP contribution in [0.15, 0.2) is 59.1 Å². The molecule has 0 amide bonds. The number of anilines is 1. The number of hydrogen-bond donors (Lipinski definition) is 1. The molecule has 6 nitrogen and oxygen atoms in total. The summed E-state index contributed by atoms with van der Waals surface area (Å²) in [6, 6.07) is 18.2. The van der Waals surface area contributed by atoms with Crippen LogP contribution in [0, 0.1) is 0 Å². The number of benzene rings is 2. The predicted molar refractivity (Wildman–Crippen MR) is 104 cm³/mol. The maximum Gasteiger partial charge on any atom is 0.244 e. The molecular formula is C21H24N4O2. The van der Waals surface area contributed by atoms with Gasteiger partial charge in [0.25, 0.3) is 0 Å². The summed E-state index contributed by atoms with van der Waals surface area (Å²) >= 11 is 0. The van der Waals surface area contributed by atoms with Gasteiger partial charge in [-0.2, -0.15) is 4.98 Å². The van der Waals surface area contributed by atoms with Crippen LogP contribution < -0.4 is 4.90 Å². The number of hydrogen-bond acceptors (Lipinski definition) is 6. The molecule has 0 saturated carbocycles. The normalized spacial score (nSPS) is 20.1. The molecule has 2 atom stereocenters. The number of β-amino-alcohol motifs (C(OH)–C–C–N with tert-alkyl or cyclic N) is 1. The SMILES string of the molecule is CN(C)c1ccc(CN2CC(O)CC2c2nc(-c3ccccc3)no2)cc1. The molecule has 2 aromatic carbocycles. The second-order valence-electron chi connectivity index (χ2n) is 7.22. The first-order valence-electron chi connectivity index (χ1n) is 9.17. The first-order chi connectivity index (χ1) is 13.1. The van der Waals surface area contributed by atoms with E-state index in [0.717, 1.165) is 12.1 Å². The minimum atomic E-state index is -0.386. The van der Waals surface area contributed by atoms with E-state index in [-0.39, 0.29) is 12.1 Å². The predicted octanol–water partition coefficient (Wildman–Crippen LogP) is 3.11. The largest absolute Gasteiger partial charge is 0.392 e. The molecule has 1 aliphatic rings. The summed E-state index contributed by atoms with van der Waals surface area (Å²) < 4.78 is 5.55. The van der Waals surface area contributed by atoms with E-state index < -0.39 is 0 Å². The van der Waals surface area contributed by atoms with Crippen molar-refractivity contribution in [2.75, 3.05) is 25.5 Å². The summed E-state index contributed by atoms with van der Waals surface area (Å²) in [5.74, 6) is 1.15. The van der Waals surface area contributed by atoms with Gasteiger partial charge in [-0.05, 0) is 24.1 Å². The fraction of sp³-hybridized carbons (Fsp3) is 0.333. The van der Waals surface area contributed by atoms with Gasteiger partial charge >= 0.3 is 0 Å². The summed E-state index contributed by atoms with van der Waals surface area (Å²) in [5, 5.41) is 14.3. The lowest BCUT2D eigenvalue weighted by molar-refractivity contribution is 0.169. The molecule has 1 aliphatic heterocycles. The molecule has 1 N–H and O–H groups in total. The average Bonchev–Trinajstić information content (AvgIpc) is 3.29. The molecule has 0 aliphatic carbocycles. The molecule has 140 valence electrons. The first kappa shape index (κ1) is 17.7. The quantitative estimate of drug-likeness (QED) is 0.750. The molecule has 1 fully saturated rings. The Bertz CT molecular complexity index is 877. The van der Waals surface area contributed by atoms with Gasteiger partial charge in [0, 0.05) is 38.4 Å². The molecule has 0 spiro atoms. The van der Waals surface area contributed by atoms with Crippen molar-refractivity contribution in [2.24, 2.45) is 0 Å². The smallest absolute Gasteiger partial charge is 0.244 e. The Labute approximate surface area is 159 Å². The Balaban J connectivity index is 1.52. The van der Waals surface area contributed by atoms with Crippen molar-refractivity contribution < 1.29 is 9.63 Å². The minimum Gasteiger partial charge on any atom is -0.392 e. The maximum atomic E-state index is 10.2. The summed E-state index contributed by atoms with van der Waals surface area (Å²) in [5.41, 5.74) is 3.29. The van der Waals surface area contributed by atoms with Crippen molar-refractivity contribution in [2.45, 2.75) is 25.1 Å². The summed E-state index contributed by atoms with van der Waals surface area (Å²) in [6.07, 6.45) is 0.217. The Morgan fingerprint density at radius 3 is 2.56 bits per heavy atom. The third-order valence-corrected chi connectivity index (χ3v) is 4.98. The molecular weight excluding hydrogens is 340 g/mol. The molecule has 3 aromatic rings. The van der Waals surface area contributed by atoms with Crippen molar-refractivity contribution >= 4 is 5.69 Å². The van der Waals surface area contributed by atoms with Crippen molar-refractivity contribution in [1.29, 1.82) is 0 Å². The van der Waals surface area contributed by atoms with Gasteiger partial charge in [0.05, 0.1) is 12.1 Å². The van der Waals surface area contributed by atoms with Gasteiger partial charge in [-0.1, -0.05) is 47.6 Å². The van der Waals surface area contributed by atoms with Crippen LogP contribution >= 0.6 is 0 Å². The van der Waals surface area contributed by atoms with Gasteiger partial charge in [0.15, 0.2) is 0 Å². The topological polar surface area (TPSA) is 65.6 Å². The number of nitrogens with zero attached hydrogens (tertiary/aromatic N) is 4. The van der Waals surface area contributed by atoms with E-state index in [1.165, 1.54) is 11.3 Å². The van der Waals surface area contributed by atoms with Crippen LogP contribution in [-0.4, -0.2) is 46.9 Å². The second-order valence-corrected chi connectivity index (χ2v) is 7.22. The minimum absolute atomic E-state index is 0.0708. The summed E-state index contributed by atoms with van der Waals surface area (Å²) in [7, 11) is 4.06. The summed E-state index contributed by atoms with van der Waals surface area (Å²) in [4.78, 5) is 8.87. The Kier molecular flexibility index (Phi) is 4.92. The zero-order chi connectivity index (χ0) is 18.8. The monoisotopic (exact) mass is 364 g/mol. The Morgan fingerprint density at radius 1 is 1.11 bits per heavy atom. The van der Waals surface area contributed by atoms with Crippen LogP contribution in [0.5, 0.6) is 0 Å². The van der Waals surface area contributed by atoms with E-state index in [4.69, 9.17) is 4.52 Å². The zero-order valence-electron chi connectivity index (χ0n) is 15.6. The molecule has 2 unspecified atom stereocenters. The van der Waals surface area contributed by atoms with Crippen molar-refractivity contribution in [3.8, 4) is 11.4 Å².